The Balaban J connectivity index is 3.18. The Kier molecular flexibility index (Phi) is 5.72. The van der Waals surface area contributed by atoms with E-state index in [1.807, 2.05) is 0 Å². The summed E-state index contributed by atoms with van der Waals surface area (Å²) in [6.07, 6.45) is 0. The molecule has 1 saturated heterocycles. The molecule has 1 aliphatic heterocycles. The summed E-state index contributed by atoms with van der Waals surface area (Å²) in [5.74, 6) is 0.295. The van der Waals surface area contributed by atoms with Crippen LogP contribution in [0.4, 0.5) is 0 Å². The van der Waals surface area contributed by atoms with Crippen LogP contribution < -0.4 is 0 Å². The van der Waals surface area contributed by atoms with E-state index in [2.05, 4.69) is 127 Å². The van der Waals surface area contributed by atoms with Crippen LogP contribution in [0.2, 0.25) is 0 Å². The van der Waals surface area contributed by atoms with Gasteiger partial charge < -0.3 is 9.47 Å². The van der Waals surface area contributed by atoms with E-state index >= 15 is 0 Å². The molecule has 2 nitrogen and oxygen atoms in total. The lowest BCUT2D eigenvalue weighted by Crippen LogP contribution is -2.47. The average Bonchev–Trinajstić information content (AvgIpc) is 2.23. The SMILES string of the molecule is BrC(Br)=C1OC(Br)(Br)C(Br)(C(Br)(Br)Br)O1. The maximum atomic E-state index is 5.64. The maximum Gasteiger partial charge on any atom is 0.305 e. The first kappa shape index (κ1) is 16.2. The Labute approximate surface area is 154 Å². The second-order valence-electron chi connectivity index (χ2n) is 2.36. The number of rotatable bonds is 0. The molecule has 0 amide bonds. The fourth-order valence-electron chi connectivity index (χ4n) is 0.690. The largest absolute Gasteiger partial charge is 0.436 e. The van der Waals surface area contributed by atoms with Crippen LogP contribution in [0.3, 0.4) is 0 Å². The Hall–Kier alpha value is 3.18. The van der Waals surface area contributed by atoms with E-state index in [1.54, 1.807) is 0 Å². The van der Waals surface area contributed by atoms with Gasteiger partial charge in [-0.25, -0.2) is 0 Å². The molecule has 1 heterocycles. The number of hydrogen-bond acceptors (Lipinski definition) is 2. The topological polar surface area (TPSA) is 18.5 Å². The lowest BCUT2D eigenvalue weighted by molar-refractivity contribution is 0.135. The first-order valence-electron chi connectivity index (χ1n) is 3.08. The monoisotopic (exact) mass is 723 g/mol. The molecule has 0 spiro atoms. The highest BCUT2D eigenvalue weighted by Gasteiger charge is 2.67. The molecule has 88 valence electrons. The fourth-order valence-corrected chi connectivity index (χ4v) is 4.97. The lowest BCUT2D eigenvalue weighted by Gasteiger charge is -2.34. The Morgan fingerprint density at radius 1 is 1.00 bits per heavy atom. The summed E-state index contributed by atoms with van der Waals surface area (Å²) in [7, 11) is 0. The standard InChI is InChI=1S/C5Br8O2/c6-1(7)2-14-3(8,4(9,10)11)5(12,13)15-2. The molecular weight excluding hydrogens is 731 g/mol. The Morgan fingerprint density at radius 3 is 1.67 bits per heavy atom. The van der Waals surface area contributed by atoms with Gasteiger partial charge in [0.25, 0.3) is 7.93 Å². The molecule has 0 aromatic rings. The first-order chi connectivity index (χ1) is 6.51. The molecule has 10 heteroatoms. The summed E-state index contributed by atoms with van der Waals surface area (Å²) < 4.78 is 9.05. The zero-order valence-electron chi connectivity index (χ0n) is 6.34. The molecule has 0 bridgehead atoms. The smallest absolute Gasteiger partial charge is 0.305 e. The van der Waals surface area contributed by atoms with E-state index in [9.17, 15) is 0 Å². The van der Waals surface area contributed by atoms with E-state index < -0.39 is 10.1 Å². The third-order valence-electron chi connectivity index (χ3n) is 1.35. The number of ether oxygens (including phenoxy) is 2. The van der Waals surface area contributed by atoms with Crippen molar-refractivity contribution < 1.29 is 9.47 Å². The van der Waals surface area contributed by atoms with Crippen LogP contribution in [0.5, 0.6) is 0 Å². The van der Waals surface area contributed by atoms with E-state index in [1.165, 1.54) is 0 Å². The molecule has 15 heavy (non-hydrogen) atoms. The summed E-state index contributed by atoms with van der Waals surface area (Å²) >= 11 is 26.7. The molecule has 0 aliphatic carbocycles. The molecule has 1 fully saturated rings. The van der Waals surface area contributed by atoms with Gasteiger partial charge in [0.2, 0.25) is 0 Å². The van der Waals surface area contributed by atoms with Gasteiger partial charge in [0.05, 0.1) is 0 Å². The van der Waals surface area contributed by atoms with Crippen molar-refractivity contribution in [2.24, 2.45) is 0 Å². The molecule has 1 rings (SSSR count). The van der Waals surface area contributed by atoms with E-state index in [0.717, 1.165) is 0 Å². The first-order valence-corrected chi connectivity index (χ1v) is 9.42. The van der Waals surface area contributed by atoms with Gasteiger partial charge in [0.15, 0.2) is 2.14 Å². The van der Waals surface area contributed by atoms with Crippen molar-refractivity contribution in [2.45, 2.75) is 10.1 Å². The molecule has 0 aromatic heterocycles. The fraction of sp³-hybridized carbons (Fsp3) is 0.600. The minimum atomic E-state index is -0.963. The van der Waals surface area contributed by atoms with Crippen molar-refractivity contribution in [2.75, 3.05) is 0 Å². The van der Waals surface area contributed by atoms with Crippen LogP contribution in [-0.4, -0.2) is 10.1 Å². The molecule has 0 saturated carbocycles. The normalized spacial score (nSPS) is 29.7. The molecular formula is C5Br8O2. The van der Waals surface area contributed by atoms with Crippen LogP contribution >= 0.6 is 127 Å². The molecule has 1 atom stereocenters. The second kappa shape index (κ2) is 5.28. The van der Waals surface area contributed by atoms with Gasteiger partial charge in [-0.3, -0.25) is 0 Å². The van der Waals surface area contributed by atoms with Crippen LogP contribution in [0.1, 0.15) is 0 Å². The van der Waals surface area contributed by atoms with E-state index in [0.29, 0.717) is 9.34 Å². The summed E-state index contributed by atoms with van der Waals surface area (Å²) in [6, 6.07) is 0. The molecule has 0 radical (unpaired) electrons. The van der Waals surface area contributed by atoms with Crippen LogP contribution in [0.25, 0.3) is 0 Å². The Morgan fingerprint density at radius 2 is 1.47 bits per heavy atom. The maximum absolute atomic E-state index is 5.64. The third kappa shape index (κ3) is 3.20. The zero-order valence-corrected chi connectivity index (χ0v) is 19.0. The number of alkyl halides is 6. The summed E-state index contributed by atoms with van der Waals surface area (Å²) in [6.45, 7) is 0. The van der Waals surface area contributed by atoms with E-state index in [-0.39, 0.29) is 0 Å². The van der Waals surface area contributed by atoms with Crippen molar-refractivity contribution in [1.29, 1.82) is 0 Å². The second-order valence-corrected chi connectivity index (χ2v) is 16.2. The quantitative estimate of drug-likeness (QED) is 0.272. The summed E-state index contributed by atoms with van der Waals surface area (Å²) in [4.78, 5) is 0. The third-order valence-corrected chi connectivity index (χ3v) is 9.09. The van der Waals surface area contributed by atoms with E-state index in [4.69, 9.17) is 9.47 Å². The predicted octanol–water partition coefficient (Wildman–Crippen LogP) is 6.32. The highest BCUT2D eigenvalue weighted by atomic mass is 80.0. The highest BCUT2D eigenvalue weighted by Crippen LogP contribution is 2.65. The minimum absolute atomic E-state index is 0.295. The van der Waals surface area contributed by atoms with Crippen LogP contribution in [0, 0.1) is 0 Å². The van der Waals surface area contributed by atoms with Crippen molar-refractivity contribution in [3.05, 3.63) is 9.34 Å². The number of halogens is 8. The molecule has 0 N–H and O–H groups in total. The van der Waals surface area contributed by atoms with Gasteiger partial charge in [-0.2, -0.15) is 0 Å². The molecule has 1 unspecified atom stereocenters. The summed E-state index contributed by atoms with van der Waals surface area (Å²) in [5, 5.41) is 0. The van der Waals surface area contributed by atoms with Crippen molar-refractivity contribution >= 4 is 127 Å². The Bertz CT molecular complexity index is 303. The van der Waals surface area contributed by atoms with Gasteiger partial charge in [-0.1, -0.05) is 47.8 Å². The summed E-state index contributed by atoms with van der Waals surface area (Å²) in [5.41, 5.74) is 0. The predicted molar refractivity (Wildman–Crippen MR) is 88.8 cm³/mol. The van der Waals surface area contributed by atoms with Gasteiger partial charge in [0.1, 0.15) is 3.39 Å². The van der Waals surface area contributed by atoms with Gasteiger partial charge in [-0.15, -0.1) is 0 Å². The lowest BCUT2D eigenvalue weighted by atomic mass is 10.4. The zero-order chi connectivity index (χ0) is 12.1. The van der Waals surface area contributed by atoms with Crippen LogP contribution in [-0.2, 0) is 9.47 Å². The van der Waals surface area contributed by atoms with Crippen LogP contribution in [0.15, 0.2) is 9.34 Å². The van der Waals surface area contributed by atoms with Gasteiger partial charge in [0, 0.05) is 0 Å². The van der Waals surface area contributed by atoms with Crippen molar-refractivity contribution in [1.82, 2.24) is 0 Å². The minimum Gasteiger partial charge on any atom is -0.436 e. The highest BCUT2D eigenvalue weighted by molar-refractivity contribution is 9.40. The van der Waals surface area contributed by atoms with Crippen molar-refractivity contribution in [3.63, 3.8) is 0 Å². The molecule has 0 aromatic carbocycles. The van der Waals surface area contributed by atoms with Crippen molar-refractivity contribution in [3.8, 4) is 0 Å². The van der Waals surface area contributed by atoms with Gasteiger partial charge >= 0.3 is 5.95 Å². The average molecular weight is 731 g/mol. The van der Waals surface area contributed by atoms with Gasteiger partial charge in [-0.05, 0) is 79.6 Å². The molecule has 1 aliphatic rings. The number of hydrogen-bond donors (Lipinski definition) is 0.